The molecule has 1 aromatic carbocycles. The van der Waals surface area contributed by atoms with E-state index in [1.807, 2.05) is 24.3 Å². The zero-order valence-electron chi connectivity index (χ0n) is 14.9. The molecule has 0 aliphatic carbocycles. The van der Waals surface area contributed by atoms with Gasteiger partial charge in [-0.05, 0) is 67.6 Å². The molecular formula is C20H21ClN4OS. The zero-order chi connectivity index (χ0) is 18.8. The predicted molar refractivity (Wildman–Crippen MR) is 110 cm³/mol. The highest BCUT2D eigenvalue weighted by molar-refractivity contribution is 8.00. The van der Waals surface area contributed by atoms with Gasteiger partial charge >= 0.3 is 0 Å². The maximum atomic E-state index is 11.8. The summed E-state index contributed by atoms with van der Waals surface area (Å²) in [5.41, 5.74) is 10.1. The largest absolute Gasteiger partial charge is 0.364 e. The summed E-state index contributed by atoms with van der Waals surface area (Å²) < 4.78 is 0. The molecule has 140 valence electrons. The van der Waals surface area contributed by atoms with Gasteiger partial charge in [0, 0.05) is 16.3 Å². The first-order valence-electron chi connectivity index (χ1n) is 9.11. The number of nitrogens with two attached hydrogens (primary N) is 1. The summed E-state index contributed by atoms with van der Waals surface area (Å²) in [6, 6.07) is 7.83. The van der Waals surface area contributed by atoms with Crippen molar-refractivity contribution in [3.8, 4) is 0 Å². The first-order chi connectivity index (χ1) is 13.1. The summed E-state index contributed by atoms with van der Waals surface area (Å²) in [5.74, 6) is 0.766. The normalized spacial score (nSPS) is 19.3. The number of carbonyl (C=O) groups is 1. The van der Waals surface area contributed by atoms with Crippen molar-refractivity contribution in [2.45, 2.75) is 24.2 Å². The van der Waals surface area contributed by atoms with Crippen LogP contribution in [0.4, 0.5) is 0 Å². The molecule has 3 heterocycles. The van der Waals surface area contributed by atoms with E-state index in [0.29, 0.717) is 5.92 Å². The molecule has 27 heavy (non-hydrogen) atoms. The van der Waals surface area contributed by atoms with E-state index >= 15 is 0 Å². The Labute approximate surface area is 167 Å². The maximum Gasteiger partial charge on any atom is 0.270 e. The van der Waals surface area contributed by atoms with Crippen molar-refractivity contribution in [2.75, 3.05) is 18.8 Å². The minimum atomic E-state index is -0.527. The molecule has 0 bridgehead atoms. The number of aromatic nitrogens is 2. The topological polar surface area (TPSA) is 80.9 Å². The smallest absolute Gasteiger partial charge is 0.270 e. The van der Waals surface area contributed by atoms with Gasteiger partial charge in [-0.1, -0.05) is 23.7 Å². The number of nitrogens with zero attached hydrogens (tertiary/aromatic N) is 2. The Kier molecular flexibility index (Phi) is 5.48. The summed E-state index contributed by atoms with van der Waals surface area (Å²) >= 11 is 7.63. The molecule has 1 atom stereocenters. The van der Waals surface area contributed by atoms with E-state index in [1.165, 1.54) is 18.4 Å². The lowest BCUT2D eigenvalue weighted by atomic mass is 9.92. The average Bonchev–Trinajstić information content (AvgIpc) is 2.69. The number of carbonyl (C=O) groups excluding carboxylic acids is 1. The number of thioether (sulfide) groups is 1. The first-order valence-corrected chi connectivity index (χ1v) is 10.5. The lowest BCUT2D eigenvalue weighted by Gasteiger charge is -2.25. The number of nitrogens with one attached hydrogen (secondary N) is 1. The monoisotopic (exact) mass is 400 g/mol. The van der Waals surface area contributed by atoms with Crippen LogP contribution in [-0.2, 0) is 6.42 Å². The molecule has 1 saturated heterocycles. The second-order valence-electron chi connectivity index (χ2n) is 6.98. The van der Waals surface area contributed by atoms with Crippen molar-refractivity contribution >= 4 is 40.9 Å². The van der Waals surface area contributed by atoms with Crippen LogP contribution in [0.15, 0.2) is 29.2 Å². The van der Waals surface area contributed by atoms with Crippen LogP contribution in [0.5, 0.6) is 0 Å². The van der Waals surface area contributed by atoms with Gasteiger partial charge in [-0.15, -0.1) is 16.9 Å². The summed E-state index contributed by atoms with van der Waals surface area (Å²) in [7, 11) is 0. The number of rotatable bonds is 4. The van der Waals surface area contributed by atoms with Gasteiger partial charge in [0.15, 0.2) is 5.69 Å². The van der Waals surface area contributed by atoms with Crippen molar-refractivity contribution in [1.82, 2.24) is 15.5 Å². The number of amides is 1. The van der Waals surface area contributed by atoms with Crippen LogP contribution in [0, 0.1) is 5.92 Å². The molecule has 2 aromatic rings. The van der Waals surface area contributed by atoms with Crippen molar-refractivity contribution < 1.29 is 4.79 Å². The third-order valence-corrected chi connectivity index (χ3v) is 6.47. The highest BCUT2D eigenvalue weighted by Crippen LogP contribution is 2.39. The summed E-state index contributed by atoms with van der Waals surface area (Å²) in [4.78, 5) is 12.7. The Morgan fingerprint density at radius 1 is 1.30 bits per heavy atom. The van der Waals surface area contributed by atoms with E-state index in [0.717, 1.165) is 52.0 Å². The quantitative estimate of drug-likeness (QED) is 0.821. The minimum absolute atomic E-state index is 0.270. The van der Waals surface area contributed by atoms with E-state index in [4.69, 9.17) is 17.3 Å². The fraction of sp³-hybridized carbons (Fsp3) is 0.350. The predicted octanol–water partition coefficient (Wildman–Crippen LogP) is 3.42. The average molecular weight is 401 g/mol. The third kappa shape index (κ3) is 4.03. The minimum Gasteiger partial charge on any atom is -0.364 e. The molecule has 0 spiro atoms. The molecule has 1 fully saturated rings. The number of halogens is 1. The van der Waals surface area contributed by atoms with Crippen molar-refractivity contribution in [3.63, 3.8) is 0 Å². The Morgan fingerprint density at radius 3 is 2.81 bits per heavy atom. The van der Waals surface area contributed by atoms with Crippen LogP contribution in [0.3, 0.4) is 0 Å². The van der Waals surface area contributed by atoms with Crippen molar-refractivity contribution in [3.05, 3.63) is 51.8 Å². The summed E-state index contributed by atoms with van der Waals surface area (Å²) in [6.45, 7) is 2.08. The van der Waals surface area contributed by atoms with Gasteiger partial charge in [0.25, 0.3) is 5.91 Å². The van der Waals surface area contributed by atoms with Gasteiger partial charge in [0.05, 0.1) is 10.6 Å². The van der Waals surface area contributed by atoms with E-state index in [1.54, 1.807) is 11.8 Å². The fourth-order valence-electron chi connectivity index (χ4n) is 3.64. The van der Waals surface area contributed by atoms with Gasteiger partial charge in [-0.2, -0.15) is 5.10 Å². The number of hydrogen-bond acceptors (Lipinski definition) is 5. The van der Waals surface area contributed by atoms with Crippen LogP contribution < -0.4 is 11.1 Å². The number of benzene rings is 1. The molecule has 2 aliphatic heterocycles. The second kappa shape index (κ2) is 8.00. The molecule has 1 unspecified atom stereocenters. The van der Waals surface area contributed by atoms with Gasteiger partial charge in [-0.25, -0.2) is 0 Å². The fourth-order valence-corrected chi connectivity index (χ4v) is 4.93. The number of primary amides is 1. The third-order valence-electron chi connectivity index (χ3n) is 5.06. The van der Waals surface area contributed by atoms with E-state index in [9.17, 15) is 4.79 Å². The Morgan fingerprint density at radius 2 is 2.11 bits per heavy atom. The maximum absolute atomic E-state index is 11.8. The molecule has 1 amide bonds. The van der Waals surface area contributed by atoms with E-state index in [2.05, 4.69) is 21.6 Å². The highest BCUT2D eigenvalue weighted by Gasteiger charge is 2.25. The molecule has 2 aliphatic rings. The number of fused-ring (bicyclic) bond motifs is 1. The van der Waals surface area contributed by atoms with Crippen LogP contribution in [0.1, 0.15) is 40.2 Å². The molecule has 5 nitrogen and oxygen atoms in total. The summed E-state index contributed by atoms with van der Waals surface area (Å²) in [5, 5.41) is 12.7. The molecule has 4 rings (SSSR count). The number of hydrogen-bond donors (Lipinski definition) is 2. The Hall–Kier alpha value is -1.89. The molecule has 0 saturated carbocycles. The summed E-state index contributed by atoms with van der Waals surface area (Å²) in [6.07, 6.45) is 5.36. The SMILES string of the molecule is NC(=O)c1nnc(CC2CCCNC2)c2c1SCC(c1ccc(Cl)cc1)=C2. The zero-order valence-corrected chi connectivity index (χ0v) is 16.4. The Bertz CT molecular complexity index is 892. The second-order valence-corrected chi connectivity index (χ2v) is 8.41. The highest BCUT2D eigenvalue weighted by atomic mass is 35.5. The Balaban J connectivity index is 1.74. The first kappa shape index (κ1) is 18.5. The van der Waals surface area contributed by atoms with E-state index < -0.39 is 5.91 Å². The van der Waals surface area contributed by atoms with Crippen LogP contribution in [-0.4, -0.2) is 34.9 Å². The molecular weight excluding hydrogens is 380 g/mol. The van der Waals surface area contributed by atoms with Crippen molar-refractivity contribution in [2.24, 2.45) is 11.7 Å². The lowest BCUT2D eigenvalue weighted by molar-refractivity contribution is 0.0991. The van der Waals surface area contributed by atoms with Crippen LogP contribution in [0.25, 0.3) is 11.6 Å². The van der Waals surface area contributed by atoms with Crippen LogP contribution >= 0.6 is 23.4 Å². The van der Waals surface area contributed by atoms with E-state index in [-0.39, 0.29) is 5.69 Å². The molecule has 0 radical (unpaired) electrons. The van der Waals surface area contributed by atoms with Gasteiger partial charge in [-0.3, -0.25) is 4.79 Å². The molecule has 3 N–H and O–H groups in total. The van der Waals surface area contributed by atoms with Crippen LogP contribution in [0.2, 0.25) is 5.02 Å². The number of piperidine rings is 1. The van der Waals surface area contributed by atoms with Gasteiger partial charge < -0.3 is 11.1 Å². The van der Waals surface area contributed by atoms with Gasteiger partial charge in [0.1, 0.15) is 0 Å². The van der Waals surface area contributed by atoms with Crippen molar-refractivity contribution in [1.29, 1.82) is 0 Å². The molecule has 7 heteroatoms. The van der Waals surface area contributed by atoms with Gasteiger partial charge in [0.2, 0.25) is 0 Å². The lowest BCUT2D eigenvalue weighted by Crippen LogP contribution is -2.31. The standard InChI is InChI=1S/C20H21ClN4OS/c21-15-5-3-13(4-6-15)14-9-16-17(8-12-2-1-7-23-10-12)24-25-18(20(22)26)19(16)27-11-14/h3-6,9,12,23H,1-2,7-8,10-11H2,(H2,22,26). The molecule has 1 aromatic heterocycles.